The van der Waals surface area contributed by atoms with Gasteiger partial charge >= 0.3 is 0 Å². The molecule has 0 saturated heterocycles. The second-order valence-electron chi connectivity index (χ2n) is 4.96. The van der Waals surface area contributed by atoms with Crippen LogP contribution in [0.2, 0.25) is 0 Å². The number of benzene rings is 1. The summed E-state index contributed by atoms with van der Waals surface area (Å²) >= 11 is 0. The van der Waals surface area contributed by atoms with Gasteiger partial charge in [0.1, 0.15) is 13.2 Å². The average Bonchev–Trinajstić information content (AvgIpc) is 3.06. The molecule has 1 aliphatic heterocycles. The molecule has 1 saturated carbocycles. The van der Waals surface area contributed by atoms with Crippen LogP contribution in [0.4, 0.5) is 8.78 Å². The highest BCUT2D eigenvalue weighted by Gasteiger charge is 2.47. The van der Waals surface area contributed by atoms with Crippen LogP contribution in [-0.2, 0) is 11.5 Å². The van der Waals surface area contributed by atoms with Gasteiger partial charge in [0.2, 0.25) is 0 Å². The number of fused-ring (bicyclic) bond motifs is 1. The fourth-order valence-corrected chi connectivity index (χ4v) is 2.22. The maximum absolute atomic E-state index is 13.6. The Morgan fingerprint density at radius 2 is 1.72 bits per heavy atom. The number of halogens is 2. The van der Waals surface area contributed by atoms with Crippen LogP contribution in [0, 0.1) is 0 Å². The van der Waals surface area contributed by atoms with Crippen LogP contribution in [0.3, 0.4) is 0 Å². The first kappa shape index (κ1) is 11.7. The van der Waals surface area contributed by atoms with Crippen molar-refractivity contribution in [2.75, 3.05) is 13.2 Å². The zero-order valence-corrected chi connectivity index (χ0v) is 10.0. The summed E-state index contributed by atoms with van der Waals surface area (Å²) < 4.78 is 38.0. The van der Waals surface area contributed by atoms with Crippen molar-refractivity contribution >= 4 is 0 Å². The third-order valence-corrected chi connectivity index (χ3v) is 3.38. The molecule has 1 aliphatic carbocycles. The van der Waals surface area contributed by atoms with E-state index in [1.807, 2.05) is 0 Å². The maximum atomic E-state index is 13.6. The normalized spacial score (nSPS) is 20.7. The van der Waals surface area contributed by atoms with E-state index in [4.69, 9.17) is 9.47 Å². The Bertz CT molecular complexity index is 455. The quantitative estimate of drug-likeness (QED) is 0.883. The van der Waals surface area contributed by atoms with E-state index in [0.717, 1.165) is 6.92 Å². The summed E-state index contributed by atoms with van der Waals surface area (Å²) in [4.78, 5) is 0. The molecule has 1 aromatic rings. The second kappa shape index (κ2) is 3.57. The number of aliphatic hydroxyl groups is 1. The molecule has 1 aromatic carbocycles. The SMILES string of the molecule is CC(F)(F)c1cc2c(cc1C1(O)CC1)OCCO2. The van der Waals surface area contributed by atoms with Crippen molar-refractivity contribution in [3.8, 4) is 11.5 Å². The first-order chi connectivity index (χ1) is 8.40. The van der Waals surface area contributed by atoms with Crippen molar-refractivity contribution in [1.82, 2.24) is 0 Å². The summed E-state index contributed by atoms with van der Waals surface area (Å²) in [7, 11) is 0. The molecule has 0 radical (unpaired) electrons. The number of hydrogen-bond donors (Lipinski definition) is 1. The lowest BCUT2D eigenvalue weighted by Gasteiger charge is -2.25. The molecule has 3 nitrogen and oxygen atoms in total. The van der Waals surface area contributed by atoms with E-state index in [0.29, 0.717) is 37.6 Å². The van der Waals surface area contributed by atoms with E-state index in [1.165, 1.54) is 12.1 Å². The monoisotopic (exact) mass is 256 g/mol. The van der Waals surface area contributed by atoms with Gasteiger partial charge in [-0.15, -0.1) is 0 Å². The van der Waals surface area contributed by atoms with Gasteiger partial charge in [0.25, 0.3) is 5.92 Å². The van der Waals surface area contributed by atoms with Crippen LogP contribution in [0.25, 0.3) is 0 Å². The summed E-state index contributed by atoms with van der Waals surface area (Å²) in [5.41, 5.74) is -1.03. The van der Waals surface area contributed by atoms with Crippen LogP contribution in [-0.4, -0.2) is 18.3 Å². The Balaban J connectivity index is 2.16. The lowest BCUT2D eigenvalue weighted by Crippen LogP contribution is -2.21. The zero-order chi connectivity index (χ0) is 13.0. The van der Waals surface area contributed by atoms with Gasteiger partial charge in [-0.1, -0.05) is 0 Å². The van der Waals surface area contributed by atoms with E-state index < -0.39 is 11.5 Å². The van der Waals surface area contributed by atoms with E-state index in [2.05, 4.69) is 0 Å². The molecule has 1 fully saturated rings. The first-order valence-electron chi connectivity index (χ1n) is 5.95. The van der Waals surface area contributed by atoms with Crippen LogP contribution in [0.5, 0.6) is 11.5 Å². The largest absolute Gasteiger partial charge is 0.486 e. The Labute approximate surface area is 103 Å². The number of alkyl halides is 2. The molecule has 0 spiro atoms. The lowest BCUT2D eigenvalue weighted by molar-refractivity contribution is 0.0119. The van der Waals surface area contributed by atoms with Crippen LogP contribution >= 0.6 is 0 Å². The van der Waals surface area contributed by atoms with Gasteiger partial charge in [-0.05, 0) is 30.5 Å². The summed E-state index contributed by atoms with van der Waals surface area (Å²) in [5.74, 6) is -2.25. The fourth-order valence-electron chi connectivity index (χ4n) is 2.22. The topological polar surface area (TPSA) is 38.7 Å². The van der Waals surface area contributed by atoms with Crippen LogP contribution in [0.15, 0.2) is 12.1 Å². The summed E-state index contributed by atoms with van der Waals surface area (Å²) in [5, 5.41) is 10.1. The summed E-state index contributed by atoms with van der Waals surface area (Å²) in [6, 6.07) is 2.79. The highest BCUT2D eigenvalue weighted by atomic mass is 19.3. The Hall–Kier alpha value is -1.36. The van der Waals surface area contributed by atoms with Crippen molar-refractivity contribution in [3.63, 3.8) is 0 Å². The summed E-state index contributed by atoms with van der Waals surface area (Å²) in [6.07, 6.45) is 1.02. The molecule has 98 valence electrons. The van der Waals surface area contributed by atoms with Gasteiger partial charge in [0.05, 0.1) is 5.60 Å². The van der Waals surface area contributed by atoms with Crippen molar-refractivity contribution in [1.29, 1.82) is 0 Å². The Morgan fingerprint density at radius 3 is 2.22 bits per heavy atom. The molecule has 0 unspecified atom stereocenters. The molecule has 0 amide bonds. The highest BCUT2D eigenvalue weighted by molar-refractivity contribution is 5.52. The molecule has 0 atom stereocenters. The predicted molar refractivity (Wildman–Crippen MR) is 60.1 cm³/mol. The van der Waals surface area contributed by atoms with Crippen LogP contribution < -0.4 is 9.47 Å². The van der Waals surface area contributed by atoms with E-state index in [1.54, 1.807) is 0 Å². The van der Waals surface area contributed by atoms with E-state index >= 15 is 0 Å². The van der Waals surface area contributed by atoms with E-state index in [9.17, 15) is 13.9 Å². The Morgan fingerprint density at radius 1 is 1.17 bits per heavy atom. The molecule has 5 heteroatoms. The van der Waals surface area contributed by atoms with Gasteiger partial charge in [-0.25, -0.2) is 8.78 Å². The molecule has 0 aromatic heterocycles. The van der Waals surface area contributed by atoms with Crippen molar-refractivity contribution in [3.05, 3.63) is 23.3 Å². The van der Waals surface area contributed by atoms with Gasteiger partial charge in [0, 0.05) is 12.5 Å². The summed E-state index contributed by atoms with van der Waals surface area (Å²) in [6.45, 7) is 1.58. The molecule has 0 bridgehead atoms. The molecule has 1 heterocycles. The smallest absolute Gasteiger partial charge is 0.271 e. The molecule has 3 rings (SSSR count). The van der Waals surface area contributed by atoms with Gasteiger partial charge in [0.15, 0.2) is 11.5 Å². The fraction of sp³-hybridized carbons (Fsp3) is 0.538. The second-order valence-corrected chi connectivity index (χ2v) is 4.96. The molecular weight excluding hydrogens is 242 g/mol. The van der Waals surface area contributed by atoms with Crippen molar-refractivity contribution in [2.24, 2.45) is 0 Å². The van der Waals surface area contributed by atoms with E-state index in [-0.39, 0.29) is 11.1 Å². The zero-order valence-electron chi connectivity index (χ0n) is 10.0. The minimum Gasteiger partial charge on any atom is -0.486 e. The van der Waals surface area contributed by atoms with Crippen LogP contribution in [0.1, 0.15) is 30.9 Å². The lowest BCUT2D eigenvalue weighted by atomic mass is 9.95. The standard InChI is InChI=1S/C13H14F2O3/c1-12(14,15)8-6-10-11(18-5-4-17-10)7-9(8)13(16)2-3-13/h6-7,16H,2-5H2,1H3. The maximum Gasteiger partial charge on any atom is 0.271 e. The van der Waals surface area contributed by atoms with Gasteiger partial charge in [-0.3, -0.25) is 0 Å². The third kappa shape index (κ3) is 1.82. The van der Waals surface area contributed by atoms with Crippen molar-refractivity contribution in [2.45, 2.75) is 31.3 Å². The average molecular weight is 256 g/mol. The molecule has 18 heavy (non-hydrogen) atoms. The highest BCUT2D eigenvalue weighted by Crippen LogP contribution is 2.52. The molecular formula is C13H14F2O3. The Kier molecular flexibility index (Phi) is 2.32. The number of ether oxygens (including phenoxy) is 2. The minimum atomic E-state index is -3.01. The number of rotatable bonds is 2. The molecule has 1 N–H and O–H groups in total. The van der Waals surface area contributed by atoms with Gasteiger partial charge in [-0.2, -0.15) is 0 Å². The first-order valence-corrected chi connectivity index (χ1v) is 5.95. The van der Waals surface area contributed by atoms with Crippen molar-refractivity contribution < 1.29 is 23.4 Å². The number of hydrogen-bond acceptors (Lipinski definition) is 3. The predicted octanol–water partition coefficient (Wildman–Crippen LogP) is 2.55. The van der Waals surface area contributed by atoms with Gasteiger partial charge < -0.3 is 14.6 Å². The third-order valence-electron chi connectivity index (χ3n) is 3.38. The minimum absolute atomic E-state index is 0.174. The molecule has 2 aliphatic rings.